The van der Waals surface area contributed by atoms with E-state index in [2.05, 4.69) is 4.98 Å². The van der Waals surface area contributed by atoms with E-state index in [4.69, 9.17) is 5.73 Å². The highest BCUT2D eigenvalue weighted by atomic mass is 19.1. The molecule has 0 aliphatic rings. The summed E-state index contributed by atoms with van der Waals surface area (Å²) in [5, 5.41) is 11.0. The van der Waals surface area contributed by atoms with Crippen molar-refractivity contribution in [2.45, 2.75) is 0 Å². The highest BCUT2D eigenvalue weighted by Crippen LogP contribution is 2.25. The third-order valence-corrected chi connectivity index (χ3v) is 2.06. The predicted octanol–water partition coefficient (Wildman–Crippen LogP) is 1.86. The topological polar surface area (TPSA) is 82.0 Å². The van der Waals surface area contributed by atoms with Gasteiger partial charge in [-0.2, -0.15) is 0 Å². The number of nitro benzene ring substituents is 1. The SMILES string of the molecule is Nc1ncc(F)c2cc([N+](=O)[O-])ccc12. The Morgan fingerprint density at radius 2 is 2.13 bits per heavy atom. The maximum Gasteiger partial charge on any atom is 0.270 e. The van der Waals surface area contributed by atoms with Crippen LogP contribution in [0.4, 0.5) is 15.9 Å². The van der Waals surface area contributed by atoms with Crippen LogP contribution in [0.25, 0.3) is 10.8 Å². The van der Waals surface area contributed by atoms with Gasteiger partial charge in [0.25, 0.3) is 5.69 Å². The molecule has 0 saturated heterocycles. The highest BCUT2D eigenvalue weighted by Gasteiger charge is 2.11. The lowest BCUT2D eigenvalue weighted by Crippen LogP contribution is -1.95. The molecule has 1 heterocycles. The van der Waals surface area contributed by atoms with Crippen LogP contribution in [0.1, 0.15) is 0 Å². The Kier molecular flexibility index (Phi) is 1.96. The fraction of sp³-hybridized carbons (Fsp3) is 0. The Bertz CT molecular complexity index is 556. The molecule has 0 unspecified atom stereocenters. The summed E-state index contributed by atoms with van der Waals surface area (Å²) in [7, 11) is 0. The minimum atomic E-state index is -0.622. The zero-order chi connectivity index (χ0) is 11.0. The van der Waals surface area contributed by atoms with E-state index in [1.807, 2.05) is 0 Å². The number of benzene rings is 1. The van der Waals surface area contributed by atoms with Gasteiger partial charge in [0, 0.05) is 22.9 Å². The zero-order valence-electron chi connectivity index (χ0n) is 7.48. The van der Waals surface area contributed by atoms with Gasteiger partial charge in [0.1, 0.15) is 11.6 Å². The number of aromatic nitrogens is 1. The standard InChI is InChI=1S/C9H6FN3O2/c10-8-4-12-9(11)6-2-1-5(13(14)15)3-7(6)8/h1-4H,(H2,11,12). The smallest absolute Gasteiger partial charge is 0.270 e. The monoisotopic (exact) mass is 207 g/mol. The molecule has 0 saturated carbocycles. The van der Waals surface area contributed by atoms with E-state index in [-0.39, 0.29) is 16.9 Å². The molecule has 0 amide bonds. The van der Waals surface area contributed by atoms with E-state index in [1.165, 1.54) is 12.1 Å². The molecular weight excluding hydrogens is 201 g/mol. The number of hydrogen-bond acceptors (Lipinski definition) is 4. The molecule has 0 spiro atoms. The number of halogens is 1. The maximum absolute atomic E-state index is 13.3. The molecule has 0 aliphatic heterocycles. The summed E-state index contributed by atoms with van der Waals surface area (Å²) in [6.07, 6.45) is 0.946. The second-order valence-electron chi connectivity index (χ2n) is 2.98. The first-order chi connectivity index (χ1) is 7.09. The number of non-ortho nitro benzene ring substituents is 1. The molecule has 76 valence electrons. The van der Waals surface area contributed by atoms with Crippen molar-refractivity contribution in [2.75, 3.05) is 5.73 Å². The number of nitrogen functional groups attached to an aromatic ring is 1. The van der Waals surface area contributed by atoms with Crippen molar-refractivity contribution < 1.29 is 9.31 Å². The predicted molar refractivity (Wildman–Crippen MR) is 52.8 cm³/mol. The average Bonchev–Trinajstić information content (AvgIpc) is 2.23. The molecule has 15 heavy (non-hydrogen) atoms. The first-order valence-electron chi connectivity index (χ1n) is 4.07. The summed E-state index contributed by atoms with van der Waals surface area (Å²) in [6.45, 7) is 0. The fourth-order valence-electron chi connectivity index (χ4n) is 1.33. The second-order valence-corrected chi connectivity index (χ2v) is 2.98. The van der Waals surface area contributed by atoms with Gasteiger partial charge in [-0.25, -0.2) is 9.37 Å². The van der Waals surface area contributed by atoms with E-state index in [0.717, 1.165) is 12.3 Å². The molecule has 1 aromatic carbocycles. The zero-order valence-corrected chi connectivity index (χ0v) is 7.48. The van der Waals surface area contributed by atoms with Gasteiger partial charge in [0.15, 0.2) is 0 Å². The normalized spacial score (nSPS) is 10.5. The van der Waals surface area contributed by atoms with Gasteiger partial charge in [0.05, 0.1) is 11.1 Å². The molecule has 2 aromatic rings. The molecule has 0 radical (unpaired) electrons. The van der Waals surface area contributed by atoms with Crippen molar-refractivity contribution in [3.63, 3.8) is 0 Å². The van der Waals surface area contributed by atoms with Crippen LogP contribution in [-0.2, 0) is 0 Å². The van der Waals surface area contributed by atoms with Crippen LogP contribution in [0, 0.1) is 15.9 Å². The van der Waals surface area contributed by atoms with Gasteiger partial charge in [-0.3, -0.25) is 10.1 Å². The maximum atomic E-state index is 13.3. The van der Waals surface area contributed by atoms with Crippen LogP contribution in [0.15, 0.2) is 24.4 Å². The minimum Gasteiger partial charge on any atom is -0.383 e. The van der Waals surface area contributed by atoms with Crippen molar-refractivity contribution in [3.05, 3.63) is 40.3 Å². The molecular formula is C9H6FN3O2. The van der Waals surface area contributed by atoms with E-state index >= 15 is 0 Å². The summed E-state index contributed by atoms with van der Waals surface area (Å²) >= 11 is 0. The van der Waals surface area contributed by atoms with Crippen molar-refractivity contribution in [1.29, 1.82) is 0 Å². The van der Waals surface area contributed by atoms with Crippen LogP contribution in [0.3, 0.4) is 0 Å². The van der Waals surface area contributed by atoms with Crippen LogP contribution in [-0.4, -0.2) is 9.91 Å². The Morgan fingerprint density at radius 1 is 1.40 bits per heavy atom. The molecule has 0 bridgehead atoms. The van der Waals surface area contributed by atoms with Crippen molar-refractivity contribution in [1.82, 2.24) is 4.98 Å². The molecule has 6 heteroatoms. The Hall–Kier alpha value is -2.24. The largest absolute Gasteiger partial charge is 0.383 e. The Labute approximate surface area is 83.5 Å². The lowest BCUT2D eigenvalue weighted by Gasteiger charge is -2.01. The van der Waals surface area contributed by atoms with Gasteiger partial charge >= 0.3 is 0 Å². The summed E-state index contributed by atoms with van der Waals surface area (Å²) < 4.78 is 13.3. The van der Waals surface area contributed by atoms with Crippen molar-refractivity contribution >= 4 is 22.3 Å². The summed E-state index contributed by atoms with van der Waals surface area (Å²) in [4.78, 5) is 13.5. The third kappa shape index (κ3) is 1.45. The number of pyridine rings is 1. The number of fused-ring (bicyclic) bond motifs is 1. The van der Waals surface area contributed by atoms with Crippen molar-refractivity contribution in [2.24, 2.45) is 0 Å². The first kappa shape index (κ1) is 9.32. The molecule has 5 nitrogen and oxygen atoms in total. The number of anilines is 1. The molecule has 1 aromatic heterocycles. The van der Waals surface area contributed by atoms with Crippen LogP contribution >= 0.6 is 0 Å². The molecule has 0 atom stereocenters. The third-order valence-electron chi connectivity index (χ3n) is 2.06. The Morgan fingerprint density at radius 3 is 2.80 bits per heavy atom. The molecule has 0 aliphatic carbocycles. The van der Waals surface area contributed by atoms with Gasteiger partial charge < -0.3 is 5.73 Å². The van der Waals surface area contributed by atoms with E-state index < -0.39 is 10.7 Å². The summed E-state index contributed by atoms with van der Waals surface area (Å²) in [5.41, 5.74) is 5.33. The highest BCUT2D eigenvalue weighted by molar-refractivity contribution is 5.92. The summed E-state index contributed by atoms with van der Waals surface area (Å²) in [5.74, 6) is -0.468. The Balaban J connectivity index is 2.81. The van der Waals surface area contributed by atoms with Crippen LogP contribution < -0.4 is 5.73 Å². The molecule has 2 rings (SSSR count). The minimum absolute atomic E-state index is 0.108. The lowest BCUT2D eigenvalue weighted by atomic mass is 10.1. The number of hydrogen-bond donors (Lipinski definition) is 1. The molecule has 0 fully saturated rings. The number of nitro groups is 1. The average molecular weight is 207 g/mol. The summed E-state index contributed by atoms with van der Waals surface area (Å²) in [6, 6.07) is 3.79. The lowest BCUT2D eigenvalue weighted by molar-refractivity contribution is -0.384. The van der Waals surface area contributed by atoms with E-state index in [0.29, 0.717) is 5.39 Å². The fourth-order valence-corrected chi connectivity index (χ4v) is 1.33. The van der Waals surface area contributed by atoms with Gasteiger partial charge in [0.2, 0.25) is 0 Å². The first-order valence-corrected chi connectivity index (χ1v) is 4.07. The molecule has 2 N–H and O–H groups in total. The van der Waals surface area contributed by atoms with Crippen LogP contribution in [0.2, 0.25) is 0 Å². The number of nitrogens with two attached hydrogens (primary N) is 1. The van der Waals surface area contributed by atoms with Gasteiger partial charge in [-0.1, -0.05) is 0 Å². The number of nitrogens with zero attached hydrogens (tertiary/aromatic N) is 2. The van der Waals surface area contributed by atoms with E-state index in [1.54, 1.807) is 0 Å². The van der Waals surface area contributed by atoms with E-state index in [9.17, 15) is 14.5 Å². The second kappa shape index (κ2) is 3.16. The van der Waals surface area contributed by atoms with Crippen molar-refractivity contribution in [3.8, 4) is 0 Å². The number of rotatable bonds is 1. The van der Waals surface area contributed by atoms with Crippen LogP contribution in [0.5, 0.6) is 0 Å². The quantitative estimate of drug-likeness (QED) is 0.571. The van der Waals surface area contributed by atoms with Gasteiger partial charge in [-0.15, -0.1) is 0 Å². The van der Waals surface area contributed by atoms with Gasteiger partial charge in [-0.05, 0) is 6.07 Å².